The zero-order chi connectivity index (χ0) is 27.3. The highest BCUT2D eigenvalue weighted by Crippen LogP contribution is 2.36. The molecule has 23 heteroatoms. The lowest BCUT2D eigenvalue weighted by molar-refractivity contribution is 0.0211. The molecule has 36 heavy (non-hydrogen) atoms. The minimum absolute atomic E-state index is 0.0308. The van der Waals surface area contributed by atoms with E-state index in [0.29, 0.717) is 42.6 Å². The van der Waals surface area contributed by atoms with Gasteiger partial charge in [-0.25, -0.2) is 4.79 Å². The molecule has 4 N–H and O–H groups in total. The Labute approximate surface area is 234 Å². The van der Waals surface area contributed by atoms with Crippen LogP contribution in [0, 0.1) is 0 Å². The van der Waals surface area contributed by atoms with E-state index in [2.05, 4.69) is 0 Å². The summed E-state index contributed by atoms with van der Waals surface area (Å²) in [5.41, 5.74) is 12.6. The fourth-order valence-corrected chi connectivity index (χ4v) is 5.80. The van der Waals surface area contributed by atoms with Crippen molar-refractivity contribution in [2.75, 3.05) is 11.5 Å². The molecule has 0 aromatic heterocycles. The molecular formula is C13H17B19N2O2. The minimum Gasteiger partial charge on any atom is -0.459 e. The molecule has 4 nitrogen and oxygen atoms in total. The monoisotopic (exact) mass is 442 g/mol. The Kier molecular flexibility index (Phi) is 12.4. The van der Waals surface area contributed by atoms with Gasteiger partial charge in [0.1, 0.15) is 6.10 Å². The fourth-order valence-electron chi connectivity index (χ4n) is 5.80. The number of carbonyl (C=O) groups is 1. The van der Waals surface area contributed by atoms with Crippen LogP contribution in [0.2, 0.25) is 5.82 Å². The van der Waals surface area contributed by atoms with E-state index in [1.807, 2.05) is 0 Å². The molecule has 0 amide bonds. The fraction of sp³-hybridized carbons (Fsp3) is 0.462. The van der Waals surface area contributed by atoms with Crippen molar-refractivity contribution in [3.05, 3.63) is 23.8 Å². The molecule has 20 radical (unpaired) electrons. The quantitative estimate of drug-likeness (QED) is 0.206. The van der Waals surface area contributed by atoms with Crippen LogP contribution in [0.3, 0.4) is 0 Å². The molecular weight excluding hydrogens is 422 g/mol. The summed E-state index contributed by atoms with van der Waals surface area (Å²) in [5, 5.41) is 0. The maximum absolute atomic E-state index is 12.7. The second kappa shape index (κ2) is 14.1. The third-order valence-corrected chi connectivity index (χ3v) is 7.31. The van der Waals surface area contributed by atoms with Gasteiger partial charge in [0, 0.05) is 146 Å². The first kappa shape index (κ1) is 31.7. The maximum Gasteiger partial charge on any atom is 0.338 e. The van der Waals surface area contributed by atoms with Gasteiger partial charge in [-0.15, -0.1) is 0 Å². The van der Waals surface area contributed by atoms with Crippen molar-refractivity contribution in [2.45, 2.75) is 37.6 Å². The van der Waals surface area contributed by atoms with E-state index < -0.39 is 57.1 Å². The Hall–Kier alpha value is -0.476. The number of rotatable bonds is 11. The van der Waals surface area contributed by atoms with Crippen LogP contribution in [0.15, 0.2) is 18.2 Å². The van der Waals surface area contributed by atoms with Gasteiger partial charge >= 0.3 is 5.97 Å². The van der Waals surface area contributed by atoms with Crippen molar-refractivity contribution >= 4 is 152 Å². The summed E-state index contributed by atoms with van der Waals surface area (Å²) in [6.07, 6.45) is -4.17. The normalized spacial score (nSPS) is 16.8. The molecule has 2 rings (SSSR count). The van der Waals surface area contributed by atoms with Crippen molar-refractivity contribution in [2.24, 2.45) is 0 Å². The van der Waals surface area contributed by atoms with Crippen LogP contribution in [-0.2, 0) is 4.74 Å². The SMILES string of the molecule is [B]B([B])B(B([B])[B])B(B([B])[B])B(B(B([B])[B])B([B])[B])C1CCC(OC(=O)c2cc(N)cc(N)c2)CC1. The first-order chi connectivity index (χ1) is 16.7. The van der Waals surface area contributed by atoms with Crippen molar-refractivity contribution in [1.82, 2.24) is 0 Å². The Bertz CT molecular complexity index is 816. The molecule has 0 unspecified atom stereocenters. The van der Waals surface area contributed by atoms with Gasteiger partial charge in [0.2, 0.25) is 0 Å². The Morgan fingerprint density at radius 3 is 1.47 bits per heavy atom. The van der Waals surface area contributed by atoms with E-state index in [9.17, 15) is 4.79 Å². The van der Waals surface area contributed by atoms with E-state index in [1.165, 1.54) is 12.1 Å². The number of benzene rings is 1. The van der Waals surface area contributed by atoms with Gasteiger partial charge < -0.3 is 16.2 Å². The molecule has 0 heterocycles. The second-order valence-corrected chi connectivity index (χ2v) is 10.0. The molecule has 1 saturated carbocycles. The highest BCUT2D eigenvalue weighted by molar-refractivity contribution is 8.14. The molecule has 0 aliphatic heterocycles. The minimum atomic E-state index is -0.904. The number of carbonyl (C=O) groups excluding carboxylic acids is 1. The summed E-state index contributed by atoms with van der Waals surface area (Å²) in [4.78, 5) is 12.7. The third kappa shape index (κ3) is 8.26. The zero-order valence-corrected chi connectivity index (χ0v) is 20.7. The van der Waals surface area contributed by atoms with Gasteiger partial charge in [-0.1, -0.05) is 18.7 Å². The van der Waals surface area contributed by atoms with E-state index in [-0.39, 0.29) is 18.4 Å². The van der Waals surface area contributed by atoms with Crippen molar-refractivity contribution in [1.29, 1.82) is 0 Å². The van der Waals surface area contributed by atoms with Crippen molar-refractivity contribution < 1.29 is 9.53 Å². The lowest BCUT2D eigenvalue weighted by Gasteiger charge is -2.47. The molecule has 0 saturated heterocycles. The van der Waals surface area contributed by atoms with Crippen LogP contribution in [0.25, 0.3) is 0 Å². The number of hydrogen-bond acceptors (Lipinski definition) is 4. The summed E-state index contributed by atoms with van der Waals surface area (Å²) in [6, 6.07) is 4.61. The van der Waals surface area contributed by atoms with Crippen LogP contribution in [0.4, 0.5) is 11.4 Å². The zero-order valence-electron chi connectivity index (χ0n) is 20.7. The average molecular weight is 439 g/mol. The predicted octanol–water partition coefficient (Wildman–Crippen LogP) is -4.95. The van der Waals surface area contributed by atoms with Gasteiger partial charge in [-0.05, 0) is 31.0 Å². The largest absolute Gasteiger partial charge is 0.459 e. The summed E-state index contributed by atoms with van der Waals surface area (Å²) in [6.45, 7) is -0.385. The standard InChI is InChI=1S/C13H17B19N2O2/c14-25(15)30(26(16)17)24(31(27(18)19)32(28(20)21)29(22)23)9-1-3-12(4-2-9)36-13(35)8-5-10(33)7-11(34)6-8/h5-7,9,12H,1-4,33-34H2. The van der Waals surface area contributed by atoms with Crippen molar-refractivity contribution in [3.8, 4) is 0 Å². The number of nitrogen functional groups attached to an aromatic ring is 2. The molecule has 1 aliphatic carbocycles. The third-order valence-electron chi connectivity index (χ3n) is 7.31. The highest BCUT2D eigenvalue weighted by Gasteiger charge is 2.49. The predicted molar refractivity (Wildman–Crippen MR) is 176 cm³/mol. The highest BCUT2D eigenvalue weighted by atomic mass is 16.5. The van der Waals surface area contributed by atoms with E-state index >= 15 is 0 Å². The molecule has 0 bridgehead atoms. The van der Waals surface area contributed by atoms with Crippen molar-refractivity contribution in [3.63, 3.8) is 0 Å². The van der Waals surface area contributed by atoms with Crippen LogP contribution in [0.1, 0.15) is 36.0 Å². The average Bonchev–Trinajstić information content (AvgIpc) is 2.74. The van der Waals surface area contributed by atoms with E-state index in [4.69, 9.17) is 93.6 Å². The Morgan fingerprint density at radius 2 is 1.08 bits per heavy atom. The smallest absolute Gasteiger partial charge is 0.338 e. The van der Waals surface area contributed by atoms with Gasteiger partial charge in [-0.3, -0.25) is 0 Å². The van der Waals surface area contributed by atoms with Crippen LogP contribution >= 0.6 is 0 Å². The second-order valence-electron chi connectivity index (χ2n) is 10.0. The summed E-state index contributed by atoms with van der Waals surface area (Å²) >= 11 is 0. The summed E-state index contributed by atoms with van der Waals surface area (Å²) < 4.78 is 5.72. The number of ether oxygens (including phenoxy) is 1. The molecule has 148 valence electrons. The number of esters is 1. The molecule has 1 aromatic rings. The molecule has 1 aliphatic rings. The number of anilines is 2. The number of nitrogens with two attached hydrogens (primary N) is 2. The Balaban J connectivity index is 2.28. The van der Waals surface area contributed by atoms with Gasteiger partial charge in [-0.2, -0.15) is 0 Å². The first-order valence-corrected chi connectivity index (χ1v) is 12.2. The van der Waals surface area contributed by atoms with Gasteiger partial charge in [0.25, 0.3) is 0 Å². The maximum atomic E-state index is 12.7. The molecule has 1 aromatic carbocycles. The van der Waals surface area contributed by atoms with Crippen LogP contribution in [-0.4, -0.2) is 147 Å². The number of hydrogen-bond donors (Lipinski definition) is 2. The topological polar surface area (TPSA) is 78.3 Å². The molecule has 0 atom stereocenters. The van der Waals surface area contributed by atoms with Crippen LogP contribution in [0.5, 0.6) is 0 Å². The molecule has 0 spiro atoms. The summed E-state index contributed by atoms with van der Waals surface area (Å²) in [7, 11) is 61.3. The van der Waals surface area contributed by atoms with Gasteiger partial charge in [0.15, 0.2) is 0 Å². The summed E-state index contributed by atoms with van der Waals surface area (Å²) in [5.74, 6) is -0.526. The van der Waals surface area contributed by atoms with Gasteiger partial charge in [0.05, 0.1) is 5.56 Å². The molecule has 1 fully saturated rings. The van der Waals surface area contributed by atoms with E-state index in [1.54, 1.807) is 6.07 Å². The van der Waals surface area contributed by atoms with Crippen LogP contribution < -0.4 is 11.5 Å². The lowest BCUT2D eigenvalue weighted by Crippen LogP contribution is -2.79. The Morgan fingerprint density at radius 1 is 0.667 bits per heavy atom. The lowest BCUT2D eigenvalue weighted by atomic mass is 8.42. The van der Waals surface area contributed by atoms with E-state index in [0.717, 1.165) is 0 Å². The first-order valence-electron chi connectivity index (χ1n) is 12.2.